The summed E-state index contributed by atoms with van der Waals surface area (Å²) in [7, 11) is 1.79. The second kappa shape index (κ2) is 7.25. The molecule has 1 rings (SSSR count). The minimum atomic E-state index is 0.711. The molecule has 3 nitrogen and oxygen atoms in total. The predicted octanol–water partition coefficient (Wildman–Crippen LogP) is 1.59. The Morgan fingerprint density at radius 1 is 1.38 bits per heavy atom. The van der Waals surface area contributed by atoms with Gasteiger partial charge in [-0.15, -0.1) is 0 Å². The third-order valence-corrected chi connectivity index (χ3v) is 3.48. The standard InChI is InChI=1S/C13H28N2O/c1-5-12-8-14-9-13(12)15(6-7-16-4)10-11(2)3/h11-14H,5-10H2,1-4H3. The molecule has 1 aliphatic heterocycles. The van der Waals surface area contributed by atoms with Crippen molar-refractivity contribution in [2.45, 2.75) is 33.2 Å². The van der Waals surface area contributed by atoms with Crippen LogP contribution in [0.4, 0.5) is 0 Å². The lowest BCUT2D eigenvalue weighted by molar-refractivity contribution is 0.0986. The van der Waals surface area contributed by atoms with Crippen molar-refractivity contribution < 1.29 is 4.74 Å². The van der Waals surface area contributed by atoms with Crippen LogP contribution < -0.4 is 5.32 Å². The highest BCUT2D eigenvalue weighted by molar-refractivity contribution is 4.88. The summed E-state index contributed by atoms with van der Waals surface area (Å²) in [6.45, 7) is 12.3. The van der Waals surface area contributed by atoms with E-state index in [1.54, 1.807) is 7.11 Å². The van der Waals surface area contributed by atoms with Crippen molar-refractivity contribution in [2.75, 3.05) is 39.9 Å². The molecule has 0 radical (unpaired) electrons. The van der Waals surface area contributed by atoms with Crippen LogP contribution in [-0.2, 0) is 4.74 Å². The van der Waals surface area contributed by atoms with Gasteiger partial charge in [0.25, 0.3) is 0 Å². The van der Waals surface area contributed by atoms with Crippen molar-refractivity contribution in [3.8, 4) is 0 Å². The Kier molecular flexibility index (Phi) is 6.32. The first kappa shape index (κ1) is 13.9. The van der Waals surface area contributed by atoms with E-state index >= 15 is 0 Å². The monoisotopic (exact) mass is 228 g/mol. The molecular formula is C13H28N2O. The van der Waals surface area contributed by atoms with Crippen LogP contribution in [0.5, 0.6) is 0 Å². The van der Waals surface area contributed by atoms with Gasteiger partial charge in [0, 0.05) is 32.8 Å². The van der Waals surface area contributed by atoms with Gasteiger partial charge in [0.2, 0.25) is 0 Å². The lowest BCUT2D eigenvalue weighted by Crippen LogP contribution is -2.44. The first-order valence-electron chi connectivity index (χ1n) is 6.62. The summed E-state index contributed by atoms with van der Waals surface area (Å²) < 4.78 is 5.22. The molecule has 1 aliphatic rings. The third kappa shape index (κ3) is 4.04. The molecule has 0 aromatic carbocycles. The van der Waals surface area contributed by atoms with Crippen molar-refractivity contribution in [3.05, 3.63) is 0 Å². The number of nitrogens with one attached hydrogen (secondary N) is 1. The molecule has 0 amide bonds. The maximum absolute atomic E-state index is 5.22. The fourth-order valence-electron chi connectivity index (χ4n) is 2.63. The van der Waals surface area contributed by atoms with E-state index in [1.807, 2.05) is 0 Å². The van der Waals surface area contributed by atoms with Gasteiger partial charge in [0.05, 0.1) is 6.61 Å². The third-order valence-electron chi connectivity index (χ3n) is 3.48. The summed E-state index contributed by atoms with van der Waals surface area (Å²) in [6.07, 6.45) is 1.28. The number of ether oxygens (including phenoxy) is 1. The van der Waals surface area contributed by atoms with Crippen LogP contribution in [0.25, 0.3) is 0 Å². The van der Waals surface area contributed by atoms with Crippen molar-refractivity contribution in [2.24, 2.45) is 11.8 Å². The lowest BCUT2D eigenvalue weighted by atomic mass is 9.98. The first-order chi connectivity index (χ1) is 7.69. The molecule has 0 aromatic rings. The van der Waals surface area contributed by atoms with Gasteiger partial charge in [-0.05, 0) is 18.4 Å². The molecule has 16 heavy (non-hydrogen) atoms. The van der Waals surface area contributed by atoms with Crippen molar-refractivity contribution >= 4 is 0 Å². The number of rotatable bonds is 7. The zero-order valence-electron chi connectivity index (χ0n) is 11.3. The van der Waals surface area contributed by atoms with Gasteiger partial charge >= 0.3 is 0 Å². The second-order valence-electron chi connectivity index (χ2n) is 5.28. The molecule has 96 valence electrons. The molecule has 1 fully saturated rings. The van der Waals surface area contributed by atoms with Gasteiger partial charge in [-0.2, -0.15) is 0 Å². The number of methoxy groups -OCH3 is 1. The Balaban J connectivity index is 2.51. The fraction of sp³-hybridized carbons (Fsp3) is 1.00. The highest BCUT2D eigenvalue weighted by Gasteiger charge is 2.30. The van der Waals surface area contributed by atoms with Gasteiger partial charge in [-0.1, -0.05) is 27.2 Å². The predicted molar refractivity (Wildman–Crippen MR) is 68.7 cm³/mol. The lowest BCUT2D eigenvalue weighted by Gasteiger charge is -2.33. The van der Waals surface area contributed by atoms with Gasteiger partial charge in [-0.25, -0.2) is 0 Å². The topological polar surface area (TPSA) is 24.5 Å². The SMILES string of the molecule is CCC1CNCC1N(CCOC)CC(C)C. The molecule has 1 N–H and O–H groups in total. The quantitative estimate of drug-likeness (QED) is 0.716. The van der Waals surface area contributed by atoms with Gasteiger partial charge < -0.3 is 10.1 Å². The average Bonchev–Trinajstić information content (AvgIpc) is 2.71. The molecule has 0 bridgehead atoms. The van der Waals surface area contributed by atoms with Crippen LogP contribution >= 0.6 is 0 Å². The van der Waals surface area contributed by atoms with E-state index in [4.69, 9.17) is 4.74 Å². The van der Waals surface area contributed by atoms with Crippen molar-refractivity contribution in [1.29, 1.82) is 0 Å². The molecule has 0 saturated carbocycles. The second-order valence-corrected chi connectivity index (χ2v) is 5.28. The van der Waals surface area contributed by atoms with E-state index in [0.29, 0.717) is 6.04 Å². The highest BCUT2D eigenvalue weighted by Crippen LogP contribution is 2.19. The summed E-state index contributed by atoms with van der Waals surface area (Å²) in [5.41, 5.74) is 0. The molecule has 2 unspecified atom stereocenters. The molecule has 0 spiro atoms. The summed E-state index contributed by atoms with van der Waals surface area (Å²) in [5, 5.41) is 3.52. The minimum absolute atomic E-state index is 0.711. The van der Waals surface area contributed by atoms with Gasteiger partial charge in [0.1, 0.15) is 0 Å². The average molecular weight is 228 g/mol. The molecular weight excluding hydrogens is 200 g/mol. The van der Waals surface area contributed by atoms with Crippen LogP contribution in [0.15, 0.2) is 0 Å². The maximum atomic E-state index is 5.22. The Morgan fingerprint density at radius 3 is 2.69 bits per heavy atom. The molecule has 1 heterocycles. The molecule has 1 saturated heterocycles. The Hall–Kier alpha value is -0.120. The maximum Gasteiger partial charge on any atom is 0.0589 e. The Morgan fingerprint density at radius 2 is 2.12 bits per heavy atom. The van der Waals surface area contributed by atoms with Crippen LogP contribution in [-0.4, -0.2) is 50.8 Å². The van der Waals surface area contributed by atoms with Gasteiger partial charge in [-0.3, -0.25) is 4.90 Å². The van der Waals surface area contributed by atoms with E-state index in [-0.39, 0.29) is 0 Å². The Bertz CT molecular complexity index is 185. The normalized spacial score (nSPS) is 25.9. The number of hydrogen-bond donors (Lipinski definition) is 1. The van der Waals surface area contributed by atoms with Crippen LogP contribution in [0, 0.1) is 11.8 Å². The zero-order valence-corrected chi connectivity index (χ0v) is 11.3. The highest BCUT2D eigenvalue weighted by atomic mass is 16.5. The van der Waals surface area contributed by atoms with Crippen LogP contribution in [0.2, 0.25) is 0 Å². The summed E-state index contributed by atoms with van der Waals surface area (Å²) in [4.78, 5) is 2.61. The van der Waals surface area contributed by atoms with E-state index in [1.165, 1.54) is 19.5 Å². The Labute approximate surface area is 101 Å². The van der Waals surface area contributed by atoms with E-state index in [2.05, 4.69) is 31.0 Å². The van der Waals surface area contributed by atoms with E-state index in [9.17, 15) is 0 Å². The van der Waals surface area contributed by atoms with Crippen molar-refractivity contribution in [1.82, 2.24) is 10.2 Å². The fourth-order valence-corrected chi connectivity index (χ4v) is 2.63. The van der Waals surface area contributed by atoms with E-state index in [0.717, 1.165) is 31.5 Å². The minimum Gasteiger partial charge on any atom is -0.383 e. The summed E-state index contributed by atoms with van der Waals surface area (Å²) in [6, 6.07) is 0.711. The zero-order chi connectivity index (χ0) is 12.0. The molecule has 2 atom stereocenters. The van der Waals surface area contributed by atoms with Crippen molar-refractivity contribution in [3.63, 3.8) is 0 Å². The molecule has 3 heteroatoms. The summed E-state index contributed by atoms with van der Waals surface area (Å²) >= 11 is 0. The van der Waals surface area contributed by atoms with Crippen LogP contribution in [0.3, 0.4) is 0 Å². The van der Waals surface area contributed by atoms with E-state index < -0.39 is 0 Å². The molecule has 0 aromatic heterocycles. The molecule has 0 aliphatic carbocycles. The number of hydrogen-bond acceptors (Lipinski definition) is 3. The van der Waals surface area contributed by atoms with Gasteiger partial charge in [0.15, 0.2) is 0 Å². The smallest absolute Gasteiger partial charge is 0.0589 e. The number of nitrogens with zero attached hydrogens (tertiary/aromatic N) is 1. The summed E-state index contributed by atoms with van der Waals surface area (Å²) in [5.74, 6) is 1.55. The first-order valence-corrected chi connectivity index (χ1v) is 6.62. The largest absolute Gasteiger partial charge is 0.383 e. The van der Waals surface area contributed by atoms with Crippen LogP contribution in [0.1, 0.15) is 27.2 Å².